The molecule has 0 spiro atoms. The zero-order valence-electron chi connectivity index (χ0n) is 12.0. The highest BCUT2D eigenvalue weighted by atomic mass is 35.5. The summed E-state index contributed by atoms with van der Waals surface area (Å²) in [7, 11) is 2.06. The Morgan fingerprint density at radius 3 is 2.47 bits per heavy atom. The Hall–Kier alpha value is -1.03. The number of aryl methyl sites for hydroxylation is 1. The molecule has 1 aromatic heterocycles. The molecule has 4 nitrogen and oxygen atoms in total. The van der Waals surface area contributed by atoms with Crippen LogP contribution in [0.4, 0.5) is 11.5 Å². The van der Waals surface area contributed by atoms with Crippen molar-refractivity contribution in [1.82, 2.24) is 9.97 Å². The Kier molecular flexibility index (Phi) is 4.50. The summed E-state index contributed by atoms with van der Waals surface area (Å²) < 4.78 is 0. The molecular formula is C14H23ClN4. The number of rotatable bonds is 3. The van der Waals surface area contributed by atoms with Gasteiger partial charge in [0.25, 0.3) is 0 Å². The molecule has 2 rings (SSSR count). The highest BCUT2D eigenvalue weighted by Crippen LogP contribution is 2.33. The van der Waals surface area contributed by atoms with Gasteiger partial charge in [-0.3, -0.25) is 0 Å². The van der Waals surface area contributed by atoms with Crippen LogP contribution in [-0.4, -0.2) is 23.1 Å². The van der Waals surface area contributed by atoms with E-state index in [1.807, 2.05) is 6.92 Å². The molecule has 0 unspecified atom stereocenters. The molecule has 0 aliphatic heterocycles. The van der Waals surface area contributed by atoms with Crippen LogP contribution in [0.1, 0.15) is 44.7 Å². The van der Waals surface area contributed by atoms with E-state index in [1.54, 1.807) is 0 Å². The third-order valence-corrected chi connectivity index (χ3v) is 4.53. The van der Waals surface area contributed by atoms with Gasteiger partial charge in [0.1, 0.15) is 0 Å². The minimum atomic E-state index is 0.274. The summed E-state index contributed by atoms with van der Waals surface area (Å²) in [4.78, 5) is 10.6. The van der Waals surface area contributed by atoms with E-state index in [0.717, 1.165) is 17.4 Å². The van der Waals surface area contributed by atoms with Crippen LogP contribution >= 0.6 is 11.6 Å². The van der Waals surface area contributed by atoms with Crippen molar-refractivity contribution < 1.29 is 0 Å². The van der Waals surface area contributed by atoms with E-state index in [2.05, 4.69) is 28.8 Å². The summed E-state index contributed by atoms with van der Waals surface area (Å²) in [5.41, 5.74) is 7.48. The molecule has 1 heterocycles. The number of hydrogen-bond donors (Lipinski definition) is 1. The zero-order valence-corrected chi connectivity index (χ0v) is 12.7. The van der Waals surface area contributed by atoms with Crippen molar-refractivity contribution in [3.63, 3.8) is 0 Å². The molecule has 0 bridgehead atoms. The van der Waals surface area contributed by atoms with Crippen molar-refractivity contribution in [2.24, 2.45) is 5.92 Å². The van der Waals surface area contributed by atoms with Crippen molar-refractivity contribution in [3.05, 3.63) is 11.0 Å². The topological polar surface area (TPSA) is 55.0 Å². The summed E-state index contributed by atoms with van der Waals surface area (Å²) >= 11 is 5.95. The lowest BCUT2D eigenvalue weighted by molar-refractivity contribution is 0.313. The number of nitrogens with zero attached hydrogens (tertiary/aromatic N) is 3. The zero-order chi connectivity index (χ0) is 14.0. The third-order valence-electron chi connectivity index (χ3n) is 4.36. The van der Waals surface area contributed by atoms with Crippen molar-refractivity contribution in [3.8, 4) is 0 Å². The fraction of sp³-hybridized carbons (Fsp3) is 0.714. The van der Waals surface area contributed by atoms with Crippen molar-refractivity contribution in [2.75, 3.05) is 17.7 Å². The lowest BCUT2D eigenvalue weighted by Gasteiger charge is -2.35. The molecule has 19 heavy (non-hydrogen) atoms. The fourth-order valence-electron chi connectivity index (χ4n) is 2.92. The molecule has 0 saturated heterocycles. The maximum atomic E-state index is 6.09. The van der Waals surface area contributed by atoms with Crippen LogP contribution in [-0.2, 0) is 0 Å². The molecule has 2 N–H and O–H groups in total. The van der Waals surface area contributed by atoms with Crippen LogP contribution < -0.4 is 10.6 Å². The van der Waals surface area contributed by atoms with E-state index < -0.39 is 0 Å². The molecule has 0 amide bonds. The molecule has 1 fully saturated rings. The van der Waals surface area contributed by atoms with Crippen LogP contribution in [0.25, 0.3) is 0 Å². The Morgan fingerprint density at radius 2 is 1.89 bits per heavy atom. The van der Waals surface area contributed by atoms with Crippen LogP contribution in [0.3, 0.4) is 0 Å². The third kappa shape index (κ3) is 3.11. The quantitative estimate of drug-likeness (QED) is 0.863. The number of aromatic nitrogens is 2. The standard InChI is InChI=1S/C14H23ClN4/c1-4-10-5-7-11(8-6-10)19(3)13-12(16)9(2)17-14(15)18-13/h10-11H,4-8,16H2,1-3H3. The van der Waals surface area contributed by atoms with Gasteiger partial charge in [-0.1, -0.05) is 13.3 Å². The molecule has 5 heteroatoms. The van der Waals surface area contributed by atoms with Gasteiger partial charge in [0.2, 0.25) is 5.28 Å². The predicted octanol–water partition coefficient (Wildman–Crippen LogP) is 3.43. The van der Waals surface area contributed by atoms with Gasteiger partial charge in [0, 0.05) is 13.1 Å². The summed E-state index contributed by atoms with van der Waals surface area (Å²) in [6.45, 7) is 4.15. The van der Waals surface area contributed by atoms with Crippen molar-refractivity contribution >= 4 is 23.1 Å². The summed E-state index contributed by atoms with van der Waals surface area (Å²) in [6.07, 6.45) is 6.29. The second-order valence-corrected chi connectivity index (χ2v) is 5.85. The minimum absolute atomic E-state index is 0.274. The van der Waals surface area contributed by atoms with E-state index in [1.165, 1.54) is 32.1 Å². The molecule has 0 radical (unpaired) electrons. The first-order valence-corrected chi connectivity index (χ1v) is 7.43. The van der Waals surface area contributed by atoms with Gasteiger partial charge in [-0.2, -0.15) is 4.98 Å². The average Bonchev–Trinajstić information content (AvgIpc) is 2.42. The van der Waals surface area contributed by atoms with E-state index in [0.29, 0.717) is 11.7 Å². The van der Waals surface area contributed by atoms with Crippen molar-refractivity contribution in [1.29, 1.82) is 0 Å². The van der Waals surface area contributed by atoms with Crippen LogP contribution in [0, 0.1) is 12.8 Å². The first-order chi connectivity index (χ1) is 9.02. The normalized spacial score (nSPS) is 23.4. The number of halogens is 1. The van der Waals surface area contributed by atoms with Crippen LogP contribution in [0.2, 0.25) is 5.28 Å². The summed E-state index contributed by atoms with van der Waals surface area (Å²) in [5, 5.41) is 0.274. The van der Waals surface area contributed by atoms with Gasteiger partial charge >= 0.3 is 0 Å². The second-order valence-electron chi connectivity index (χ2n) is 5.51. The second kappa shape index (κ2) is 5.95. The number of nitrogens with two attached hydrogens (primary N) is 1. The molecule has 0 atom stereocenters. The van der Waals surface area contributed by atoms with Gasteiger partial charge in [-0.05, 0) is 50.1 Å². The average molecular weight is 283 g/mol. The van der Waals surface area contributed by atoms with Crippen LogP contribution in [0.5, 0.6) is 0 Å². The Balaban J connectivity index is 2.14. The minimum Gasteiger partial charge on any atom is -0.394 e. The molecule has 106 valence electrons. The van der Waals surface area contributed by atoms with E-state index in [4.69, 9.17) is 17.3 Å². The Bertz CT molecular complexity index is 441. The highest BCUT2D eigenvalue weighted by Gasteiger charge is 2.25. The lowest BCUT2D eigenvalue weighted by atomic mass is 9.84. The van der Waals surface area contributed by atoms with Crippen LogP contribution in [0.15, 0.2) is 0 Å². The summed E-state index contributed by atoms with van der Waals surface area (Å²) in [6, 6.07) is 0.510. The molecule has 1 aromatic rings. The maximum Gasteiger partial charge on any atom is 0.224 e. The Morgan fingerprint density at radius 1 is 1.26 bits per heavy atom. The number of anilines is 2. The monoisotopic (exact) mass is 282 g/mol. The first-order valence-electron chi connectivity index (χ1n) is 7.05. The number of nitrogen functional groups attached to an aromatic ring is 1. The smallest absolute Gasteiger partial charge is 0.224 e. The maximum absolute atomic E-state index is 6.09. The molecular weight excluding hydrogens is 260 g/mol. The first kappa shape index (κ1) is 14.4. The summed E-state index contributed by atoms with van der Waals surface area (Å²) in [5.74, 6) is 1.66. The SMILES string of the molecule is CCC1CCC(N(C)c2nc(Cl)nc(C)c2N)CC1. The Labute approximate surface area is 120 Å². The van der Waals surface area contributed by atoms with Gasteiger partial charge in [-0.25, -0.2) is 4.98 Å². The highest BCUT2D eigenvalue weighted by molar-refractivity contribution is 6.28. The molecule has 1 aliphatic carbocycles. The van der Waals surface area contributed by atoms with Gasteiger partial charge in [0.05, 0.1) is 11.4 Å². The van der Waals surface area contributed by atoms with Gasteiger partial charge in [-0.15, -0.1) is 0 Å². The van der Waals surface area contributed by atoms with E-state index >= 15 is 0 Å². The number of hydrogen-bond acceptors (Lipinski definition) is 4. The van der Waals surface area contributed by atoms with E-state index in [-0.39, 0.29) is 5.28 Å². The fourth-order valence-corrected chi connectivity index (χ4v) is 3.12. The van der Waals surface area contributed by atoms with Gasteiger partial charge < -0.3 is 10.6 Å². The lowest BCUT2D eigenvalue weighted by Crippen LogP contribution is -2.36. The molecule has 1 aliphatic rings. The largest absolute Gasteiger partial charge is 0.394 e. The van der Waals surface area contributed by atoms with Gasteiger partial charge in [0.15, 0.2) is 5.82 Å². The van der Waals surface area contributed by atoms with Crippen molar-refractivity contribution in [2.45, 2.75) is 52.0 Å². The van der Waals surface area contributed by atoms with E-state index in [9.17, 15) is 0 Å². The predicted molar refractivity (Wildman–Crippen MR) is 80.6 cm³/mol. The molecule has 1 saturated carbocycles. The molecule has 0 aromatic carbocycles.